The third kappa shape index (κ3) is 2.70. The first-order valence-electron chi connectivity index (χ1n) is 5.19. The second-order valence-corrected chi connectivity index (χ2v) is 5.61. The second kappa shape index (κ2) is 3.83. The van der Waals surface area contributed by atoms with Gasteiger partial charge in [0.25, 0.3) is 0 Å². The van der Waals surface area contributed by atoms with E-state index in [2.05, 4.69) is 23.9 Å². The van der Waals surface area contributed by atoms with Crippen molar-refractivity contribution in [1.82, 2.24) is 0 Å². The van der Waals surface area contributed by atoms with Crippen LogP contribution in [-0.4, -0.2) is 11.9 Å². The molecule has 0 aromatic rings. The maximum absolute atomic E-state index is 8.36. The van der Waals surface area contributed by atoms with Gasteiger partial charge in [-0.1, -0.05) is 20.8 Å². The number of azide groups is 1. The van der Waals surface area contributed by atoms with Gasteiger partial charge in [-0.3, -0.25) is 0 Å². The van der Waals surface area contributed by atoms with Crippen molar-refractivity contribution in [2.45, 2.75) is 46.1 Å². The van der Waals surface area contributed by atoms with E-state index in [9.17, 15) is 0 Å². The van der Waals surface area contributed by atoms with E-state index in [1.807, 2.05) is 6.92 Å². The third-order valence-electron chi connectivity index (χ3n) is 3.11. The van der Waals surface area contributed by atoms with Crippen molar-refractivity contribution < 1.29 is 0 Å². The molecule has 5 nitrogen and oxygen atoms in total. The second-order valence-electron chi connectivity index (χ2n) is 5.61. The summed E-state index contributed by atoms with van der Waals surface area (Å²) in [6.07, 6.45) is 2.55. The maximum atomic E-state index is 8.36. The molecule has 0 aromatic heterocycles. The van der Waals surface area contributed by atoms with Gasteiger partial charge >= 0.3 is 0 Å². The molecule has 84 valence electrons. The Labute approximate surface area is 90.2 Å². The van der Waals surface area contributed by atoms with E-state index in [-0.39, 0.29) is 22.7 Å². The summed E-state index contributed by atoms with van der Waals surface area (Å²) in [5, 5.41) is 11.2. The molecular formula is C10H19N5. The molecule has 0 aliphatic heterocycles. The highest BCUT2D eigenvalue weighted by molar-refractivity contribution is 5.85. The summed E-state index contributed by atoms with van der Waals surface area (Å²) in [6, 6.07) is 0.0907. The lowest BCUT2D eigenvalue weighted by Gasteiger charge is -2.45. The molecule has 1 fully saturated rings. The van der Waals surface area contributed by atoms with E-state index >= 15 is 0 Å². The van der Waals surface area contributed by atoms with Crippen molar-refractivity contribution in [1.29, 1.82) is 5.41 Å². The highest BCUT2D eigenvalue weighted by atomic mass is 15.2. The average molecular weight is 209 g/mol. The number of nitrogens with two attached hydrogens (primary N) is 1. The van der Waals surface area contributed by atoms with E-state index in [4.69, 9.17) is 16.7 Å². The fourth-order valence-corrected chi connectivity index (χ4v) is 2.91. The van der Waals surface area contributed by atoms with E-state index in [0.717, 1.165) is 19.3 Å². The molecule has 0 amide bonds. The van der Waals surface area contributed by atoms with Crippen LogP contribution in [0.4, 0.5) is 0 Å². The van der Waals surface area contributed by atoms with Crippen LogP contribution in [0.25, 0.3) is 10.4 Å². The highest BCUT2D eigenvalue weighted by Gasteiger charge is 2.42. The molecule has 0 saturated heterocycles. The predicted molar refractivity (Wildman–Crippen MR) is 60.6 cm³/mol. The molecule has 0 aromatic carbocycles. The standard InChI is InChI=1S/C10H19N5/c1-9(2)4-7(11)5-10(3,6-9)8(12)14-15-13/h7,12H,4-6,11H2,1-3H3. The summed E-state index contributed by atoms with van der Waals surface area (Å²) in [5.74, 6) is 0.119. The molecule has 0 bridgehead atoms. The lowest BCUT2D eigenvalue weighted by atomic mass is 9.62. The van der Waals surface area contributed by atoms with Gasteiger partial charge in [0.2, 0.25) is 0 Å². The first-order valence-corrected chi connectivity index (χ1v) is 5.19. The first kappa shape index (κ1) is 12.0. The Morgan fingerprint density at radius 1 is 1.47 bits per heavy atom. The number of rotatable bonds is 1. The molecule has 1 aliphatic carbocycles. The largest absolute Gasteiger partial charge is 0.328 e. The van der Waals surface area contributed by atoms with Crippen LogP contribution in [-0.2, 0) is 0 Å². The minimum absolute atomic E-state index is 0.0907. The summed E-state index contributed by atoms with van der Waals surface area (Å²) < 4.78 is 0. The Morgan fingerprint density at radius 3 is 2.53 bits per heavy atom. The van der Waals surface area contributed by atoms with Crippen LogP contribution < -0.4 is 5.73 Å². The number of nitrogens with zero attached hydrogens (tertiary/aromatic N) is 3. The number of amidine groups is 1. The molecule has 0 radical (unpaired) electrons. The highest BCUT2D eigenvalue weighted by Crippen LogP contribution is 2.46. The van der Waals surface area contributed by atoms with Crippen LogP contribution in [0.1, 0.15) is 40.0 Å². The van der Waals surface area contributed by atoms with E-state index in [1.165, 1.54) is 0 Å². The number of hydrogen-bond donors (Lipinski definition) is 2. The quantitative estimate of drug-likeness (QED) is 0.224. The van der Waals surface area contributed by atoms with Crippen LogP contribution in [0.5, 0.6) is 0 Å². The summed E-state index contributed by atoms with van der Waals surface area (Å²) in [6.45, 7) is 6.26. The molecule has 2 unspecified atom stereocenters. The lowest BCUT2D eigenvalue weighted by molar-refractivity contribution is 0.133. The van der Waals surface area contributed by atoms with Crippen molar-refractivity contribution in [3.8, 4) is 0 Å². The summed E-state index contributed by atoms with van der Waals surface area (Å²) in [4.78, 5) is 2.69. The fraction of sp³-hybridized carbons (Fsp3) is 0.900. The van der Waals surface area contributed by atoms with Gasteiger partial charge < -0.3 is 11.1 Å². The SMILES string of the molecule is CC1(C)CC(N)CC(C)(C(=N)N=[N+]=[N-])C1. The van der Waals surface area contributed by atoms with E-state index < -0.39 is 0 Å². The summed E-state index contributed by atoms with van der Waals surface area (Å²) in [7, 11) is 0. The normalized spacial score (nSPS) is 34.3. The third-order valence-corrected chi connectivity index (χ3v) is 3.11. The molecular weight excluding hydrogens is 190 g/mol. The zero-order valence-corrected chi connectivity index (χ0v) is 9.62. The van der Waals surface area contributed by atoms with Crippen molar-refractivity contribution >= 4 is 5.84 Å². The van der Waals surface area contributed by atoms with Crippen LogP contribution in [0, 0.1) is 16.2 Å². The first-order chi connectivity index (χ1) is 6.79. The van der Waals surface area contributed by atoms with Crippen molar-refractivity contribution in [2.24, 2.45) is 21.7 Å². The fourth-order valence-electron chi connectivity index (χ4n) is 2.91. The van der Waals surface area contributed by atoms with Crippen LogP contribution in [0.15, 0.2) is 5.11 Å². The zero-order valence-electron chi connectivity index (χ0n) is 9.62. The van der Waals surface area contributed by atoms with Gasteiger partial charge in [-0.05, 0) is 35.3 Å². The molecule has 1 saturated carbocycles. The summed E-state index contributed by atoms with van der Waals surface area (Å²) >= 11 is 0. The molecule has 2 atom stereocenters. The Morgan fingerprint density at radius 2 is 2.07 bits per heavy atom. The Balaban J connectivity index is 2.93. The van der Waals surface area contributed by atoms with Crippen molar-refractivity contribution in [2.75, 3.05) is 0 Å². The smallest absolute Gasteiger partial charge is 0.101 e. The van der Waals surface area contributed by atoms with Gasteiger partial charge in [0.05, 0.1) is 0 Å². The average Bonchev–Trinajstić information content (AvgIpc) is 1.99. The Kier molecular flexibility index (Phi) is 3.07. The maximum Gasteiger partial charge on any atom is 0.101 e. The van der Waals surface area contributed by atoms with Gasteiger partial charge in [-0.25, -0.2) is 0 Å². The Hall–Kier alpha value is -1.06. The molecule has 0 heterocycles. The van der Waals surface area contributed by atoms with Crippen molar-refractivity contribution in [3.63, 3.8) is 0 Å². The number of hydrogen-bond acceptors (Lipinski definition) is 2. The predicted octanol–water partition coefficient (Wildman–Crippen LogP) is 2.82. The van der Waals surface area contributed by atoms with E-state index in [0.29, 0.717) is 0 Å². The van der Waals surface area contributed by atoms with Crippen LogP contribution in [0.2, 0.25) is 0 Å². The monoisotopic (exact) mass is 209 g/mol. The lowest BCUT2D eigenvalue weighted by Crippen LogP contribution is -2.45. The van der Waals surface area contributed by atoms with Gasteiger partial charge in [-0.15, -0.1) is 0 Å². The van der Waals surface area contributed by atoms with Gasteiger partial charge in [0, 0.05) is 16.4 Å². The molecule has 1 aliphatic rings. The van der Waals surface area contributed by atoms with Crippen LogP contribution >= 0.6 is 0 Å². The minimum Gasteiger partial charge on any atom is -0.328 e. The van der Waals surface area contributed by atoms with Crippen LogP contribution in [0.3, 0.4) is 0 Å². The van der Waals surface area contributed by atoms with Gasteiger partial charge in [0.15, 0.2) is 0 Å². The molecule has 5 heteroatoms. The molecule has 0 spiro atoms. The van der Waals surface area contributed by atoms with Crippen molar-refractivity contribution in [3.05, 3.63) is 10.4 Å². The van der Waals surface area contributed by atoms with Gasteiger partial charge in [0.1, 0.15) is 5.84 Å². The molecule has 3 N–H and O–H groups in total. The molecule has 1 rings (SSSR count). The number of nitrogens with one attached hydrogen (secondary N) is 1. The Bertz CT molecular complexity index is 316. The zero-order chi connectivity index (χ0) is 11.7. The summed E-state index contributed by atoms with van der Waals surface area (Å²) in [5.41, 5.74) is 14.1. The van der Waals surface area contributed by atoms with E-state index in [1.54, 1.807) is 0 Å². The molecule has 15 heavy (non-hydrogen) atoms. The van der Waals surface area contributed by atoms with Gasteiger partial charge in [-0.2, -0.15) is 0 Å². The minimum atomic E-state index is -0.368. The topological polar surface area (TPSA) is 98.6 Å².